The Hall–Kier alpha value is -13.0. The molecule has 3 atom stereocenters. The number of carboxylic acids is 1. The Balaban J connectivity index is 0.000000174. The number of piperidine rings is 2. The van der Waals surface area contributed by atoms with E-state index < -0.39 is 129 Å². The standard InChI is InChI=1S/C30H32F2N2O7.C29H30F2N2O7.C27H24F2N2O6/c1-30(2,3)41-29(37)33-15-7-8-19(16-33)34-17-21(24(27(35)38-4)25(34)28(36)39-5)18-11-13-20(14-12-18)40-26-22(31)9-6-10-23(26)32;1-29(2,3)40-28(37)32-14-6-7-18(15-32)33-16-20(23(27(36)38-4)24(33)26(34)35)17-10-12-19(13-11-17)39-25-21(30)8-5-9-22(25)31;1-27(2,3)37-26(34)30-12-11-16(13-30)31-14-18(21-22(31)25(33)36-24(21)32)15-7-9-17(10-8-15)35-23-19(28)5-4-6-20(23)29/h6,9-14,17,19H,7-8,15-16H2,1-5H3;5,8-13,16,18H,6-7,14-15H2,1-4H3,(H,34,35);4-10,14,16H,11-13H2,1-3H3/t19-;18-;16-/m111/s1. The number of aromatic carboxylic acids is 1. The average Bonchev–Trinajstić information content (AvgIpc) is 1.60. The number of esters is 5. The van der Waals surface area contributed by atoms with Gasteiger partial charge < -0.3 is 80.9 Å². The lowest BCUT2D eigenvalue weighted by atomic mass is 10.0. The number of para-hydroxylation sites is 3. The number of carboxylic acid groups (broad SMARTS) is 1. The number of aromatic nitrogens is 3. The fraction of sp³-hybridized carbons (Fsp3) is 0.337. The summed E-state index contributed by atoms with van der Waals surface area (Å²) in [6, 6.07) is 27.5. The Morgan fingerprint density at radius 2 is 0.712 bits per heavy atom. The van der Waals surface area contributed by atoms with Gasteiger partial charge in [-0.2, -0.15) is 0 Å². The molecule has 13 rings (SSSR count). The van der Waals surface area contributed by atoms with Crippen molar-refractivity contribution in [2.75, 3.05) is 60.6 Å². The van der Waals surface area contributed by atoms with E-state index in [0.717, 1.165) is 43.5 Å². The Bertz CT molecular complexity index is 5250. The number of rotatable bonds is 16. The van der Waals surface area contributed by atoms with Gasteiger partial charge in [-0.1, -0.05) is 54.6 Å². The Morgan fingerprint density at radius 3 is 1.05 bits per heavy atom. The zero-order valence-corrected chi connectivity index (χ0v) is 66.5. The highest BCUT2D eigenvalue weighted by molar-refractivity contribution is 6.17. The second-order valence-electron chi connectivity index (χ2n) is 30.8. The summed E-state index contributed by atoms with van der Waals surface area (Å²) in [4.78, 5) is 119. The Morgan fingerprint density at radius 1 is 0.398 bits per heavy atom. The van der Waals surface area contributed by atoms with Gasteiger partial charge in [-0.15, -0.1) is 0 Å². The van der Waals surface area contributed by atoms with Crippen LogP contribution in [0.5, 0.6) is 34.5 Å². The van der Waals surface area contributed by atoms with Crippen molar-refractivity contribution in [3.63, 3.8) is 0 Å². The molecule has 3 aromatic heterocycles. The van der Waals surface area contributed by atoms with E-state index in [1.165, 1.54) is 78.3 Å². The van der Waals surface area contributed by atoms with Gasteiger partial charge in [-0.3, -0.25) is 0 Å². The van der Waals surface area contributed by atoms with Crippen LogP contribution in [0.1, 0.15) is 175 Å². The molecule has 7 heterocycles. The topological polar surface area (TPSA) is 291 Å². The molecule has 0 unspecified atom stereocenters. The third-order valence-corrected chi connectivity index (χ3v) is 19.0. The summed E-state index contributed by atoms with van der Waals surface area (Å²) >= 11 is 0. The molecular formula is C86H86F6N6O20. The highest BCUT2D eigenvalue weighted by Gasteiger charge is 2.43. The molecule has 1 N–H and O–H groups in total. The third-order valence-electron chi connectivity index (χ3n) is 19.0. The van der Waals surface area contributed by atoms with Gasteiger partial charge in [-0.05, 0) is 184 Å². The van der Waals surface area contributed by atoms with E-state index in [1.54, 1.807) is 136 Å². The van der Waals surface area contributed by atoms with E-state index in [2.05, 4.69) is 0 Å². The summed E-state index contributed by atoms with van der Waals surface area (Å²) in [7, 11) is 3.57. The summed E-state index contributed by atoms with van der Waals surface area (Å²) < 4.78 is 141. The van der Waals surface area contributed by atoms with E-state index in [4.69, 9.17) is 47.4 Å². The van der Waals surface area contributed by atoms with Crippen LogP contribution in [0.2, 0.25) is 0 Å². The summed E-state index contributed by atoms with van der Waals surface area (Å²) in [5, 5.41) is 10.1. The maximum atomic E-state index is 14.1. The van der Waals surface area contributed by atoms with Crippen LogP contribution in [-0.4, -0.2) is 165 Å². The average molecular weight is 1640 g/mol. The first-order chi connectivity index (χ1) is 55.8. The van der Waals surface area contributed by atoms with Crippen molar-refractivity contribution >= 4 is 54.1 Å². The van der Waals surface area contributed by atoms with Crippen molar-refractivity contribution in [3.8, 4) is 67.9 Å². The first kappa shape index (κ1) is 85.8. The van der Waals surface area contributed by atoms with Crippen LogP contribution in [0.15, 0.2) is 146 Å². The summed E-state index contributed by atoms with van der Waals surface area (Å²) in [5.41, 5.74) is 0.453. The molecule has 4 aliphatic rings. The smallest absolute Gasteiger partial charge is 0.410 e. The van der Waals surface area contributed by atoms with Crippen LogP contribution in [0.4, 0.5) is 40.7 Å². The van der Waals surface area contributed by atoms with Crippen molar-refractivity contribution in [3.05, 3.63) is 215 Å². The van der Waals surface area contributed by atoms with Crippen molar-refractivity contribution in [1.29, 1.82) is 0 Å². The molecule has 0 saturated carbocycles. The second kappa shape index (κ2) is 35.6. The van der Waals surface area contributed by atoms with Gasteiger partial charge in [0.15, 0.2) is 52.2 Å². The molecular weight excluding hydrogens is 1550 g/mol. The fourth-order valence-corrected chi connectivity index (χ4v) is 13.8. The normalized spacial score (nSPS) is 15.9. The second-order valence-corrected chi connectivity index (χ2v) is 30.8. The third kappa shape index (κ3) is 19.7. The molecule has 3 saturated heterocycles. The number of hydrogen-bond acceptors (Lipinski definition) is 19. The number of fused-ring (bicyclic) bond motifs is 1. The van der Waals surface area contributed by atoms with Gasteiger partial charge in [0.25, 0.3) is 0 Å². The molecule has 118 heavy (non-hydrogen) atoms. The fourth-order valence-electron chi connectivity index (χ4n) is 13.8. The van der Waals surface area contributed by atoms with Crippen molar-refractivity contribution in [1.82, 2.24) is 28.4 Å². The maximum Gasteiger partial charge on any atom is 0.410 e. The highest BCUT2D eigenvalue weighted by Crippen LogP contribution is 2.42. The molecule has 622 valence electrons. The number of cyclic esters (lactones) is 2. The van der Waals surface area contributed by atoms with Crippen LogP contribution < -0.4 is 14.2 Å². The number of carbonyl (C=O) groups is 9. The van der Waals surface area contributed by atoms with Crippen molar-refractivity contribution < 1.29 is 122 Å². The zero-order valence-electron chi connectivity index (χ0n) is 66.5. The van der Waals surface area contributed by atoms with Crippen LogP contribution >= 0.6 is 0 Å². The predicted molar refractivity (Wildman–Crippen MR) is 413 cm³/mol. The Kier molecular flexibility index (Phi) is 25.9. The largest absolute Gasteiger partial charge is 0.477 e. The first-order valence-electron chi connectivity index (χ1n) is 37.4. The van der Waals surface area contributed by atoms with E-state index >= 15 is 0 Å². The van der Waals surface area contributed by atoms with Gasteiger partial charge in [0, 0.05) is 74.5 Å². The van der Waals surface area contributed by atoms with Gasteiger partial charge in [-0.25, -0.2) is 69.5 Å². The SMILES string of the molecule is CC(C)(C)OC(=O)N1CC[C@@H](n2cc(-c3ccc(Oc4c(F)cccc4F)cc3)c3c2C(=O)OC3=O)C1.COC(=O)c1c(-c2ccc(Oc3c(F)cccc3F)cc2)cn([C@@H]2CCCN(C(=O)OC(C)(C)C)C2)c1C(=O)O.COC(=O)c1c(-c2ccc(Oc3c(F)cccc3F)cc2)cn([C@@H]2CCCN(C(=O)OC(C)(C)C)C2)c1C(=O)OC. The van der Waals surface area contributed by atoms with Crippen molar-refractivity contribution in [2.24, 2.45) is 0 Å². The molecule has 0 radical (unpaired) electrons. The summed E-state index contributed by atoms with van der Waals surface area (Å²) in [6.07, 6.45) is 6.46. The van der Waals surface area contributed by atoms with E-state index in [1.807, 2.05) is 0 Å². The van der Waals surface area contributed by atoms with Gasteiger partial charge in [0.2, 0.25) is 0 Å². The molecule has 0 aliphatic carbocycles. The molecule has 0 spiro atoms. The van der Waals surface area contributed by atoms with E-state index in [0.29, 0.717) is 86.1 Å². The number of halogens is 6. The summed E-state index contributed by atoms with van der Waals surface area (Å²) in [5.74, 6) is -11.5. The lowest BCUT2D eigenvalue weighted by molar-refractivity contribution is 0.0161. The number of hydrogen-bond donors (Lipinski definition) is 1. The van der Waals surface area contributed by atoms with Gasteiger partial charge >= 0.3 is 54.1 Å². The molecule has 9 aromatic rings. The van der Waals surface area contributed by atoms with Crippen LogP contribution in [0.3, 0.4) is 0 Å². The number of benzene rings is 6. The van der Waals surface area contributed by atoms with E-state index in [9.17, 15) is 74.6 Å². The first-order valence-corrected chi connectivity index (χ1v) is 37.4. The molecule has 26 nitrogen and oxygen atoms in total. The zero-order chi connectivity index (χ0) is 85.6. The molecule has 6 aromatic carbocycles. The lowest BCUT2D eigenvalue weighted by Gasteiger charge is -2.35. The number of ether oxygens (including phenoxy) is 10. The molecule has 4 aliphatic heterocycles. The number of likely N-dealkylation sites (tertiary alicyclic amines) is 3. The lowest BCUT2D eigenvalue weighted by Crippen LogP contribution is -2.43. The maximum absolute atomic E-state index is 14.1. The minimum Gasteiger partial charge on any atom is -0.477 e. The molecule has 0 bridgehead atoms. The molecule has 3 fully saturated rings. The minimum absolute atomic E-state index is 0.0115. The van der Waals surface area contributed by atoms with Gasteiger partial charge in [0.05, 0.1) is 39.5 Å². The Labute approximate surface area is 674 Å². The highest BCUT2D eigenvalue weighted by atomic mass is 19.2. The minimum atomic E-state index is -1.34. The molecule has 32 heteroatoms. The van der Waals surface area contributed by atoms with Crippen LogP contribution in [0, 0.1) is 34.9 Å². The number of methoxy groups -OCH3 is 3. The van der Waals surface area contributed by atoms with Crippen LogP contribution in [0.25, 0.3) is 33.4 Å². The van der Waals surface area contributed by atoms with Gasteiger partial charge in [0.1, 0.15) is 67.8 Å². The predicted octanol–water partition coefficient (Wildman–Crippen LogP) is 18.4. The number of amides is 3. The summed E-state index contributed by atoms with van der Waals surface area (Å²) in [6.45, 7) is 18.1. The van der Waals surface area contributed by atoms with Crippen LogP contribution in [-0.2, 0) is 33.2 Å². The number of carbonyl (C=O) groups excluding carboxylic acids is 8. The number of nitrogens with zero attached hydrogens (tertiary/aromatic N) is 6. The quantitative estimate of drug-likeness (QED) is 0.0407. The van der Waals surface area contributed by atoms with E-state index in [-0.39, 0.29) is 81.8 Å². The monoisotopic (exact) mass is 1640 g/mol. The van der Waals surface area contributed by atoms with Crippen molar-refractivity contribution in [2.45, 2.75) is 129 Å². The molecule has 3 amide bonds.